The van der Waals surface area contributed by atoms with Crippen molar-refractivity contribution in [3.05, 3.63) is 29.8 Å². The van der Waals surface area contributed by atoms with Crippen molar-refractivity contribution < 1.29 is 5.11 Å². The van der Waals surface area contributed by atoms with Gasteiger partial charge in [0.15, 0.2) is 5.11 Å². The quantitative estimate of drug-likeness (QED) is 0.453. The number of hydrogen-bond donors (Lipinski definition) is 3. The third kappa shape index (κ3) is 3.07. The van der Waals surface area contributed by atoms with Gasteiger partial charge in [0.1, 0.15) is 5.75 Å². The minimum Gasteiger partial charge on any atom is -0.507 e. The zero-order valence-corrected chi connectivity index (χ0v) is 14.0. The zero-order chi connectivity index (χ0) is 15.9. The number of benzene rings is 1. The van der Waals surface area contributed by atoms with Crippen LogP contribution in [0.25, 0.3) is 0 Å². The number of phenolic OH excluding ortho intramolecular Hbond substituents is 1. The molecule has 0 unspecified atom stereocenters. The lowest BCUT2D eigenvalue weighted by molar-refractivity contribution is -0.0101. The molecule has 0 heterocycles. The van der Waals surface area contributed by atoms with Gasteiger partial charge >= 0.3 is 0 Å². The predicted molar refractivity (Wildman–Crippen MR) is 95.5 cm³/mol. The van der Waals surface area contributed by atoms with Crippen molar-refractivity contribution in [1.82, 2.24) is 10.7 Å². The number of nitrogens with one attached hydrogen (secondary N) is 2. The van der Waals surface area contributed by atoms with E-state index in [9.17, 15) is 5.11 Å². The van der Waals surface area contributed by atoms with Crippen molar-refractivity contribution in [1.29, 1.82) is 0 Å². The van der Waals surface area contributed by atoms with Crippen LogP contribution in [0.3, 0.4) is 0 Å². The Morgan fingerprint density at radius 3 is 2.35 bits per heavy atom. The highest BCUT2D eigenvalue weighted by molar-refractivity contribution is 7.80. The smallest absolute Gasteiger partial charge is 0.187 e. The molecular formula is C18H23N3OS. The van der Waals surface area contributed by atoms with Gasteiger partial charge in [-0.1, -0.05) is 12.1 Å². The molecular weight excluding hydrogens is 306 g/mol. The molecule has 0 atom stereocenters. The molecule has 4 nitrogen and oxygen atoms in total. The molecule has 23 heavy (non-hydrogen) atoms. The largest absolute Gasteiger partial charge is 0.507 e. The first-order chi connectivity index (χ1) is 11.1. The molecule has 5 rings (SSSR count). The summed E-state index contributed by atoms with van der Waals surface area (Å²) < 4.78 is 0. The minimum atomic E-state index is 0.198. The Kier molecular flexibility index (Phi) is 3.76. The van der Waals surface area contributed by atoms with Crippen LogP contribution in [0.15, 0.2) is 29.4 Å². The summed E-state index contributed by atoms with van der Waals surface area (Å²) in [6.45, 7) is 0. The van der Waals surface area contributed by atoms with Crippen LogP contribution in [0.2, 0.25) is 0 Å². The molecule has 4 aliphatic carbocycles. The van der Waals surface area contributed by atoms with Crippen LogP contribution < -0.4 is 10.7 Å². The number of nitrogens with zero attached hydrogens (tertiary/aromatic N) is 1. The van der Waals surface area contributed by atoms with Crippen molar-refractivity contribution in [2.75, 3.05) is 0 Å². The van der Waals surface area contributed by atoms with Crippen LogP contribution >= 0.6 is 12.2 Å². The maximum Gasteiger partial charge on any atom is 0.187 e. The van der Waals surface area contributed by atoms with E-state index >= 15 is 0 Å². The van der Waals surface area contributed by atoms with Crippen molar-refractivity contribution in [3.63, 3.8) is 0 Å². The molecule has 3 N–H and O–H groups in total. The molecule has 122 valence electrons. The zero-order valence-electron chi connectivity index (χ0n) is 13.2. The van der Waals surface area contributed by atoms with Gasteiger partial charge in [-0.05, 0) is 80.6 Å². The van der Waals surface area contributed by atoms with Gasteiger partial charge in [0.05, 0.1) is 6.21 Å². The van der Waals surface area contributed by atoms with E-state index in [0.29, 0.717) is 10.7 Å². The molecule has 0 saturated heterocycles. The second kappa shape index (κ2) is 5.78. The molecule has 0 radical (unpaired) electrons. The first-order valence-corrected chi connectivity index (χ1v) is 8.92. The SMILES string of the molecule is Oc1ccccc1/C=N/NC(=S)NC12CC3CC(CC(C3)C1)C2. The molecule has 0 amide bonds. The minimum absolute atomic E-state index is 0.198. The number of rotatable bonds is 3. The Morgan fingerprint density at radius 2 is 1.74 bits per heavy atom. The van der Waals surface area contributed by atoms with E-state index in [0.717, 1.165) is 17.8 Å². The lowest BCUT2D eigenvalue weighted by Gasteiger charge is -2.57. The van der Waals surface area contributed by atoms with E-state index in [1.54, 1.807) is 18.3 Å². The summed E-state index contributed by atoms with van der Waals surface area (Å²) in [6.07, 6.45) is 9.63. The fourth-order valence-electron chi connectivity index (χ4n) is 5.29. The number of para-hydroxylation sites is 1. The van der Waals surface area contributed by atoms with Crippen LogP contribution in [0, 0.1) is 17.8 Å². The predicted octanol–water partition coefficient (Wildman–Crippen LogP) is 3.16. The Morgan fingerprint density at radius 1 is 1.13 bits per heavy atom. The van der Waals surface area contributed by atoms with Crippen molar-refractivity contribution in [3.8, 4) is 5.75 Å². The van der Waals surface area contributed by atoms with Gasteiger partial charge in [-0.3, -0.25) is 5.43 Å². The van der Waals surface area contributed by atoms with Crippen LogP contribution in [-0.4, -0.2) is 22.0 Å². The standard InChI is InChI=1S/C18H23N3OS/c22-16-4-2-1-3-15(16)11-19-21-17(23)20-18-8-12-5-13(9-18)7-14(6-12)10-18/h1-4,11-14,22H,5-10H2,(H2,20,21,23)/b19-11+. The van der Waals surface area contributed by atoms with Gasteiger partial charge in [0.2, 0.25) is 0 Å². The monoisotopic (exact) mass is 329 g/mol. The van der Waals surface area contributed by atoms with Gasteiger partial charge in [-0.25, -0.2) is 0 Å². The number of thiocarbonyl (C=S) groups is 1. The first-order valence-electron chi connectivity index (χ1n) is 8.51. The Labute approximate surface area is 142 Å². The van der Waals surface area contributed by atoms with Crippen molar-refractivity contribution in [2.45, 2.75) is 44.1 Å². The Balaban J connectivity index is 1.36. The van der Waals surface area contributed by atoms with E-state index in [1.807, 2.05) is 12.1 Å². The highest BCUT2D eigenvalue weighted by Gasteiger charge is 2.51. The molecule has 0 spiro atoms. The summed E-state index contributed by atoms with van der Waals surface area (Å²) in [5.41, 5.74) is 3.79. The maximum absolute atomic E-state index is 9.72. The third-order valence-corrected chi connectivity index (χ3v) is 5.92. The van der Waals surface area contributed by atoms with E-state index in [2.05, 4.69) is 15.8 Å². The fourth-order valence-corrected chi connectivity index (χ4v) is 5.56. The molecule has 0 aliphatic heterocycles. The molecule has 0 aromatic heterocycles. The van der Waals surface area contributed by atoms with Crippen LogP contribution in [0.4, 0.5) is 0 Å². The third-order valence-electron chi connectivity index (χ3n) is 5.72. The molecule has 1 aromatic carbocycles. The molecule has 4 fully saturated rings. The van der Waals surface area contributed by atoms with E-state index < -0.39 is 0 Å². The number of hydrazone groups is 1. The number of hydrogen-bond acceptors (Lipinski definition) is 3. The van der Waals surface area contributed by atoms with Crippen molar-refractivity contribution in [2.24, 2.45) is 22.9 Å². The highest BCUT2D eigenvalue weighted by atomic mass is 32.1. The number of phenols is 1. The van der Waals surface area contributed by atoms with Crippen molar-refractivity contribution >= 4 is 23.5 Å². The average Bonchev–Trinajstić information content (AvgIpc) is 2.47. The normalized spacial score (nSPS) is 34.7. The van der Waals surface area contributed by atoms with Crippen LogP contribution in [0.5, 0.6) is 5.75 Å². The molecule has 5 heteroatoms. The van der Waals surface area contributed by atoms with Crippen LogP contribution in [-0.2, 0) is 0 Å². The second-order valence-electron chi connectivity index (χ2n) is 7.58. The summed E-state index contributed by atoms with van der Waals surface area (Å²) in [4.78, 5) is 0. The fraction of sp³-hybridized carbons (Fsp3) is 0.556. The van der Waals surface area contributed by atoms with E-state index in [4.69, 9.17) is 12.2 Å². The van der Waals surface area contributed by atoms with Gasteiger partial charge in [0.25, 0.3) is 0 Å². The topological polar surface area (TPSA) is 56.7 Å². The van der Waals surface area contributed by atoms with Gasteiger partial charge in [-0.15, -0.1) is 0 Å². The second-order valence-corrected chi connectivity index (χ2v) is 7.99. The summed E-state index contributed by atoms with van der Waals surface area (Å²) >= 11 is 5.44. The average molecular weight is 329 g/mol. The van der Waals surface area contributed by atoms with Gasteiger partial charge in [0, 0.05) is 11.1 Å². The highest BCUT2D eigenvalue weighted by Crippen LogP contribution is 2.55. The Bertz CT molecular complexity index is 608. The van der Waals surface area contributed by atoms with Crippen LogP contribution in [0.1, 0.15) is 44.1 Å². The Hall–Kier alpha value is -1.62. The maximum atomic E-state index is 9.72. The summed E-state index contributed by atoms with van der Waals surface area (Å²) in [5.74, 6) is 2.89. The first kappa shape index (κ1) is 14.9. The van der Waals surface area contributed by atoms with Gasteiger partial charge < -0.3 is 10.4 Å². The lowest BCUT2D eigenvalue weighted by Crippen LogP contribution is -2.61. The lowest BCUT2D eigenvalue weighted by atomic mass is 9.53. The van der Waals surface area contributed by atoms with Gasteiger partial charge in [-0.2, -0.15) is 5.10 Å². The van der Waals surface area contributed by atoms with E-state index in [1.165, 1.54) is 38.5 Å². The summed E-state index contributed by atoms with van der Waals surface area (Å²) in [7, 11) is 0. The molecule has 1 aromatic rings. The molecule has 4 saturated carbocycles. The van der Waals surface area contributed by atoms with E-state index in [-0.39, 0.29) is 11.3 Å². The molecule has 4 bridgehead atoms. The summed E-state index contributed by atoms with van der Waals surface area (Å²) in [6, 6.07) is 7.12. The summed E-state index contributed by atoms with van der Waals surface area (Å²) in [5, 5.41) is 18.0. The number of aromatic hydroxyl groups is 1. The molecule has 4 aliphatic rings.